The Balaban J connectivity index is 1.18. The molecule has 144 valence electrons. The highest BCUT2D eigenvalue weighted by Crippen LogP contribution is 2.44. The number of hydrogen-bond acceptors (Lipinski definition) is 5. The highest BCUT2D eigenvalue weighted by molar-refractivity contribution is 7.89. The van der Waals surface area contributed by atoms with Crippen molar-refractivity contribution in [1.82, 2.24) is 19.0 Å². The molecule has 0 radical (unpaired) electrons. The molecule has 4 aliphatic rings. The van der Waals surface area contributed by atoms with Crippen LogP contribution in [0.1, 0.15) is 37.3 Å². The second-order valence-corrected chi connectivity index (χ2v) is 10.7. The molecule has 0 atom stereocenters. The number of nitrogens with zero attached hydrogens (tertiary/aromatic N) is 4. The Morgan fingerprint density at radius 1 is 1.15 bits per heavy atom. The Hall–Kier alpha value is -0.960. The normalized spacial score (nSPS) is 27.4. The predicted molar refractivity (Wildman–Crippen MR) is 96.4 cm³/mol. The summed E-state index contributed by atoms with van der Waals surface area (Å²) in [6.07, 6.45) is 4.58. The summed E-state index contributed by atoms with van der Waals surface area (Å²) in [6.45, 7) is 6.31. The minimum absolute atomic E-state index is 0.191. The standard InChI is InChI=1S/C18H28N4O3S/c1-20-17(8-16(19-20)15-2-3-15)26(23,24)22-12-18(13-22)10-21(11-18)9-14-4-6-25-7-5-14/h8,14-15H,2-7,9-13H2,1H3. The maximum absolute atomic E-state index is 13.0. The second-order valence-electron chi connectivity index (χ2n) is 8.80. The molecule has 1 spiro atoms. The first-order valence-electron chi connectivity index (χ1n) is 9.79. The lowest BCUT2D eigenvalue weighted by molar-refractivity contribution is -0.0913. The molecule has 0 aromatic carbocycles. The summed E-state index contributed by atoms with van der Waals surface area (Å²) in [5, 5.41) is 4.77. The number of sulfonamides is 1. The van der Waals surface area contributed by atoms with E-state index in [0.717, 1.165) is 70.1 Å². The van der Waals surface area contributed by atoms with E-state index in [2.05, 4.69) is 10.00 Å². The molecule has 0 N–H and O–H groups in total. The summed E-state index contributed by atoms with van der Waals surface area (Å²) < 4.78 is 34.5. The molecule has 5 rings (SSSR count). The molecule has 1 saturated carbocycles. The molecule has 4 heterocycles. The smallest absolute Gasteiger partial charge is 0.260 e. The lowest BCUT2D eigenvalue weighted by Gasteiger charge is -2.60. The molecule has 3 saturated heterocycles. The van der Waals surface area contributed by atoms with Gasteiger partial charge in [-0.1, -0.05) is 0 Å². The number of rotatable bonds is 5. The Labute approximate surface area is 155 Å². The van der Waals surface area contributed by atoms with Crippen molar-refractivity contribution in [2.24, 2.45) is 18.4 Å². The van der Waals surface area contributed by atoms with Crippen molar-refractivity contribution in [1.29, 1.82) is 0 Å². The van der Waals surface area contributed by atoms with Crippen LogP contribution in [-0.2, 0) is 21.8 Å². The Kier molecular flexibility index (Phi) is 3.97. The predicted octanol–water partition coefficient (Wildman–Crippen LogP) is 1.03. The monoisotopic (exact) mass is 380 g/mol. The van der Waals surface area contributed by atoms with Gasteiger partial charge in [-0.15, -0.1) is 0 Å². The van der Waals surface area contributed by atoms with Gasteiger partial charge in [0.2, 0.25) is 0 Å². The SMILES string of the molecule is Cn1nc(C2CC2)cc1S(=O)(=O)N1CC2(CN(CC3CCOCC3)C2)C1. The fourth-order valence-corrected chi connectivity index (χ4v) is 6.62. The molecule has 1 aromatic rings. The van der Waals surface area contributed by atoms with Crippen molar-refractivity contribution >= 4 is 10.0 Å². The number of aromatic nitrogens is 2. The highest BCUT2D eigenvalue weighted by atomic mass is 32.2. The van der Waals surface area contributed by atoms with Crippen molar-refractivity contribution in [3.05, 3.63) is 11.8 Å². The van der Waals surface area contributed by atoms with Crippen LogP contribution in [0.3, 0.4) is 0 Å². The number of aryl methyl sites for hydroxylation is 1. The van der Waals surface area contributed by atoms with E-state index >= 15 is 0 Å². The molecule has 0 unspecified atom stereocenters. The third-order valence-corrected chi connectivity index (χ3v) is 8.30. The molecule has 1 aromatic heterocycles. The van der Waals surface area contributed by atoms with Gasteiger partial charge in [0, 0.05) is 70.4 Å². The van der Waals surface area contributed by atoms with Gasteiger partial charge in [0.05, 0.1) is 5.69 Å². The summed E-state index contributed by atoms with van der Waals surface area (Å²) in [6, 6.07) is 1.79. The molecular weight excluding hydrogens is 352 g/mol. The maximum Gasteiger partial charge on any atom is 0.260 e. The van der Waals surface area contributed by atoms with E-state index < -0.39 is 10.0 Å². The topological polar surface area (TPSA) is 67.7 Å². The molecule has 7 nitrogen and oxygen atoms in total. The van der Waals surface area contributed by atoms with Gasteiger partial charge in [-0.25, -0.2) is 8.42 Å². The molecule has 0 amide bonds. The number of likely N-dealkylation sites (tertiary alicyclic amines) is 1. The number of ether oxygens (including phenoxy) is 1. The summed E-state index contributed by atoms with van der Waals surface area (Å²) in [4.78, 5) is 2.50. The van der Waals surface area contributed by atoms with E-state index in [0.29, 0.717) is 24.0 Å². The van der Waals surface area contributed by atoms with E-state index in [4.69, 9.17) is 4.74 Å². The molecule has 0 bridgehead atoms. The molecule has 8 heteroatoms. The lowest BCUT2D eigenvalue weighted by atomic mass is 9.74. The largest absolute Gasteiger partial charge is 0.381 e. The summed E-state index contributed by atoms with van der Waals surface area (Å²) in [7, 11) is -1.67. The van der Waals surface area contributed by atoms with Gasteiger partial charge in [0.25, 0.3) is 10.0 Å². The van der Waals surface area contributed by atoms with Crippen LogP contribution in [0.4, 0.5) is 0 Å². The van der Waals surface area contributed by atoms with Crippen molar-refractivity contribution in [3.63, 3.8) is 0 Å². The van der Waals surface area contributed by atoms with Gasteiger partial charge in [0.15, 0.2) is 5.03 Å². The third-order valence-electron chi connectivity index (χ3n) is 6.45. The minimum Gasteiger partial charge on any atom is -0.381 e. The third kappa shape index (κ3) is 2.91. The van der Waals surface area contributed by atoms with Crippen LogP contribution in [0, 0.1) is 11.3 Å². The van der Waals surface area contributed by atoms with Crippen molar-refractivity contribution in [2.75, 3.05) is 45.9 Å². The van der Waals surface area contributed by atoms with E-state index in [1.807, 2.05) is 0 Å². The van der Waals surface area contributed by atoms with Crippen molar-refractivity contribution in [3.8, 4) is 0 Å². The van der Waals surface area contributed by atoms with E-state index in [-0.39, 0.29) is 5.41 Å². The van der Waals surface area contributed by atoms with Gasteiger partial charge in [-0.05, 0) is 31.6 Å². The van der Waals surface area contributed by atoms with E-state index in [9.17, 15) is 8.42 Å². The first-order chi connectivity index (χ1) is 12.5. The lowest BCUT2D eigenvalue weighted by Crippen LogP contribution is -2.73. The van der Waals surface area contributed by atoms with Crippen molar-refractivity contribution < 1.29 is 13.2 Å². The van der Waals surface area contributed by atoms with E-state index in [1.165, 1.54) is 0 Å². The van der Waals surface area contributed by atoms with Crippen LogP contribution >= 0.6 is 0 Å². The van der Waals surface area contributed by atoms with E-state index in [1.54, 1.807) is 22.1 Å². The molecule has 1 aliphatic carbocycles. The zero-order valence-corrected chi connectivity index (χ0v) is 16.2. The van der Waals surface area contributed by atoms with Crippen LogP contribution in [0.5, 0.6) is 0 Å². The summed E-state index contributed by atoms with van der Waals surface area (Å²) in [5.74, 6) is 1.22. The van der Waals surface area contributed by atoms with Gasteiger partial charge >= 0.3 is 0 Å². The van der Waals surface area contributed by atoms with Gasteiger partial charge in [-0.3, -0.25) is 4.68 Å². The van der Waals surface area contributed by atoms with Crippen LogP contribution in [0.15, 0.2) is 11.1 Å². The zero-order chi connectivity index (χ0) is 17.9. The molecule has 3 aliphatic heterocycles. The Morgan fingerprint density at radius 3 is 2.50 bits per heavy atom. The Morgan fingerprint density at radius 2 is 1.85 bits per heavy atom. The van der Waals surface area contributed by atoms with Crippen LogP contribution in [0.2, 0.25) is 0 Å². The maximum atomic E-state index is 13.0. The highest BCUT2D eigenvalue weighted by Gasteiger charge is 2.55. The molecule has 4 fully saturated rings. The van der Waals surface area contributed by atoms with Crippen molar-refractivity contribution in [2.45, 2.75) is 36.6 Å². The molecular formula is C18H28N4O3S. The fraction of sp³-hybridized carbons (Fsp3) is 0.833. The quantitative estimate of drug-likeness (QED) is 0.763. The minimum atomic E-state index is -3.41. The van der Waals surface area contributed by atoms with Gasteiger partial charge < -0.3 is 9.64 Å². The van der Waals surface area contributed by atoms with Gasteiger partial charge in [0.1, 0.15) is 0 Å². The fourth-order valence-electron chi connectivity index (χ4n) is 4.82. The Bertz CT molecular complexity index is 781. The first kappa shape index (κ1) is 17.2. The van der Waals surface area contributed by atoms with Crippen LogP contribution in [-0.4, -0.2) is 73.3 Å². The van der Waals surface area contributed by atoms with Crippen LogP contribution < -0.4 is 0 Å². The zero-order valence-electron chi connectivity index (χ0n) is 15.4. The number of hydrogen-bond donors (Lipinski definition) is 0. The van der Waals surface area contributed by atoms with Gasteiger partial charge in [-0.2, -0.15) is 9.40 Å². The first-order valence-corrected chi connectivity index (χ1v) is 11.2. The van der Waals surface area contributed by atoms with Crippen LogP contribution in [0.25, 0.3) is 0 Å². The summed E-state index contributed by atoms with van der Waals surface area (Å²) in [5.41, 5.74) is 1.13. The molecule has 26 heavy (non-hydrogen) atoms. The summed E-state index contributed by atoms with van der Waals surface area (Å²) >= 11 is 0. The average Bonchev–Trinajstić information content (AvgIpc) is 3.31. The second kappa shape index (κ2) is 6.02. The average molecular weight is 381 g/mol.